The Kier molecular flexibility index (Phi) is 4.55. The number of hydrogen-bond donors (Lipinski definition) is 3. The Morgan fingerprint density at radius 3 is 1.93 bits per heavy atom. The summed E-state index contributed by atoms with van der Waals surface area (Å²) >= 11 is 0. The van der Waals surface area contributed by atoms with E-state index in [1.165, 1.54) is 0 Å². The molecule has 0 aromatic heterocycles. The Labute approximate surface area is 85.3 Å². The van der Waals surface area contributed by atoms with E-state index in [4.69, 9.17) is 5.11 Å². The van der Waals surface area contributed by atoms with E-state index in [0.717, 1.165) is 0 Å². The Morgan fingerprint density at radius 1 is 1.29 bits per heavy atom. The molecule has 0 aliphatic heterocycles. The third-order valence-electron chi connectivity index (χ3n) is 2.48. The van der Waals surface area contributed by atoms with E-state index in [1.54, 1.807) is 13.8 Å². The number of carboxylic acid groups (broad SMARTS) is 1. The molecule has 0 aliphatic rings. The fraction of sp³-hybridized carbons (Fsp3) is 0.900. The van der Waals surface area contributed by atoms with Crippen LogP contribution in [0.3, 0.4) is 0 Å². The zero-order valence-corrected chi connectivity index (χ0v) is 9.42. The molecule has 0 atom stereocenters. The monoisotopic (exact) mass is 203 g/mol. The number of rotatable bonds is 6. The van der Waals surface area contributed by atoms with Gasteiger partial charge in [0.05, 0.1) is 5.60 Å². The molecule has 0 aromatic rings. The molecule has 0 rings (SSSR count). The average molecular weight is 203 g/mol. The zero-order valence-electron chi connectivity index (χ0n) is 9.42. The van der Waals surface area contributed by atoms with Gasteiger partial charge in [-0.2, -0.15) is 0 Å². The minimum Gasteiger partial charge on any atom is -0.480 e. The van der Waals surface area contributed by atoms with Crippen LogP contribution in [-0.2, 0) is 4.79 Å². The van der Waals surface area contributed by atoms with Gasteiger partial charge in [0.25, 0.3) is 0 Å². The molecule has 0 saturated carbocycles. The highest BCUT2D eigenvalue weighted by Crippen LogP contribution is 2.16. The summed E-state index contributed by atoms with van der Waals surface area (Å²) in [6, 6.07) is 0. The molecule has 0 bridgehead atoms. The SMILES string of the molecule is CCC(CC)(NCC(C)(C)O)C(=O)O. The minimum absolute atomic E-state index is 0.279. The summed E-state index contributed by atoms with van der Waals surface area (Å²) in [7, 11) is 0. The lowest BCUT2D eigenvalue weighted by atomic mass is 9.92. The number of aliphatic hydroxyl groups is 1. The molecule has 14 heavy (non-hydrogen) atoms. The standard InChI is InChI=1S/C10H21NO3/c1-5-10(6-2,8(12)13)11-7-9(3,4)14/h11,14H,5-7H2,1-4H3,(H,12,13). The van der Waals surface area contributed by atoms with Crippen LogP contribution in [0.1, 0.15) is 40.5 Å². The Balaban J connectivity index is 4.45. The summed E-state index contributed by atoms with van der Waals surface area (Å²) in [5.41, 5.74) is -1.79. The molecule has 0 aliphatic carbocycles. The molecule has 0 heterocycles. The summed E-state index contributed by atoms with van der Waals surface area (Å²) < 4.78 is 0. The van der Waals surface area contributed by atoms with Gasteiger partial charge in [-0.25, -0.2) is 0 Å². The van der Waals surface area contributed by atoms with Crippen LogP contribution in [0.5, 0.6) is 0 Å². The lowest BCUT2D eigenvalue weighted by Gasteiger charge is -2.31. The van der Waals surface area contributed by atoms with Crippen molar-refractivity contribution in [1.82, 2.24) is 5.32 Å². The van der Waals surface area contributed by atoms with Crippen molar-refractivity contribution in [2.24, 2.45) is 0 Å². The van der Waals surface area contributed by atoms with Gasteiger partial charge in [-0.05, 0) is 26.7 Å². The van der Waals surface area contributed by atoms with Gasteiger partial charge in [-0.1, -0.05) is 13.8 Å². The average Bonchev–Trinajstić information content (AvgIpc) is 2.04. The van der Waals surface area contributed by atoms with E-state index in [0.29, 0.717) is 12.8 Å². The summed E-state index contributed by atoms with van der Waals surface area (Å²) in [4.78, 5) is 11.1. The third kappa shape index (κ3) is 3.64. The van der Waals surface area contributed by atoms with Crippen molar-refractivity contribution in [3.8, 4) is 0 Å². The lowest BCUT2D eigenvalue weighted by Crippen LogP contribution is -2.55. The summed E-state index contributed by atoms with van der Waals surface area (Å²) in [5, 5.41) is 21.5. The molecule has 0 spiro atoms. The van der Waals surface area contributed by atoms with Crippen molar-refractivity contribution in [1.29, 1.82) is 0 Å². The van der Waals surface area contributed by atoms with E-state index in [9.17, 15) is 9.90 Å². The largest absolute Gasteiger partial charge is 0.480 e. The van der Waals surface area contributed by atoms with Crippen molar-refractivity contribution in [3.05, 3.63) is 0 Å². The van der Waals surface area contributed by atoms with Crippen LogP contribution in [0, 0.1) is 0 Å². The maximum atomic E-state index is 11.1. The molecule has 0 amide bonds. The van der Waals surface area contributed by atoms with E-state index < -0.39 is 17.1 Å². The topological polar surface area (TPSA) is 69.6 Å². The highest BCUT2D eigenvalue weighted by molar-refractivity contribution is 5.78. The van der Waals surface area contributed by atoms with Gasteiger partial charge in [0, 0.05) is 6.54 Å². The van der Waals surface area contributed by atoms with Gasteiger partial charge in [-0.15, -0.1) is 0 Å². The van der Waals surface area contributed by atoms with E-state index in [-0.39, 0.29) is 6.54 Å². The number of nitrogens with one attached hydrogen (secondary N) is 1. The quantitative estimate of drug-likeness (QED) is 0.602. The summed E-state index contributed by atoms with van der Waals surface area (Å²) in [6.45, 7) is 7.24. The molecule has 0 radical (unpaired) electrons. The van der Waals surface area contributed by atoms with Crippen molar-refractivity contribution >= 4 is 5.97 Å². The highest BCUT2D eigenvalue weighted by Gasteiger charge is 2.35. The lowest BCUT2D eigenvalue weighted by molar-refractivity contribution is -0.145. The van der Waals surface area contributed by atoms with Gasteiger partial charge in [0.2, 0.25) is 0 Å². The minimum atomic E-state index is -0.903. The van der Waals surface area contributed by atoms with Gasteiger partial charge >= 0.3 is 5.97 Å². The number of hydrogen-bond acceptors (Lipinski definition) is 3. The molecule has 0 saturated heterocycles. The van der Waals surface area contributed by atoms with Crippen molar-refractivity contribution in [2.45, 2.75) is 51.7 Å². The van der Waals surface area contributed by atoms with Crippen molar-refractivity contribution < 1.29 is 15.0 Å². The molecule has 4 nitrogen and oxygen atoms in total. The first-order valence-electron chi connectivity index (χ1n) is 4.98. The van der Waals surface area contributed by atoms with Crippen LogP contribution in [0.25, 0.3) is 0 Å². The normalized spacial score (nSPS) is 12.9. The third-order valence-corrected chi connectivity index (χ3v) is 2.48. The molecular formula is C10H21NO3. The van der Waals surface area contributed by atoms with E-state index >= 15 is 0 Å². The molecular weight excluding hydrogens is 182 g/mol. The van der Waals surface area contributed by atoms with Gasteiger partial charge in [0.1, 0.15) is 5.54 Å². The Bertz CT molecular complexity index is 192. The number of aliphatic carboxylic acids is 1. The molecule has 3 N–H and O–H groups in total. The molecule has 0 aromatic carbocycles. The summed E-state index contributed by atoms with van der Waals surface area (Å²) in [6.07, 6.45) is 1.02. The second-order valence-corrected chi connectivity index (χ2v) is 4.26. The van der Waals surface area contributed by atoms with Gasteiger partial charge < -0.3 is 10.2 Å². The number of carboxylic acids is 1. The number of β-amino-alcohol motifs (C(OH)–C–C–N with tert-alkyl or cyclic N) is 1. The Morgan fingerprint density at radius 2 is 1.71 bits per heavy atom. The van der Waals surface area contributed by atoms with Gasteiger partial charge in [-0.3, -0.25) is 10.1 Å². The Hall–Kier alpha value is -0.610. The predicted octanol–water partition coefficient (Wildman–Crippen LogP) is 0.990. The number of carbonyl (C=O) groups is 1. The fourth-order valence-corrected chi connectivity index (χ4v) is 1.26. The fourth-order valence-electron chi connectivity index (χ4n) is 1.26. The first kappa shape index (κ1) is 13.4. The van der Waals surface area contributed by atoms with Gasteiger partial charge in [0.15, 0.2) is 0 Å². The van der Waals surface area contributed by atoms with E-state index in [2.05, 4.69) is 5.32 Å². The van der Waals surface area contributed by atoms with Crippen LogP contribution in [0.4, 0.5) is 0 Å². The molecule has 4 heteroatoms. The first-order valence-corrected chi connectivity index (χ1v) is 4.98. The van der Waals surface area contributed by atoms with Crippen molar-refractivity contribution in [3.63, 3.8) is 0 Å². The van der Waals surface area contributed by atoms with Crippen molar-refractivity contribution in [2.75, 3.05) is 6.54 Å². The first-order chi connectivity index (χ1) is 6.27. The second kappa shape index (κ2) is 4.75. The molecule has 0 fully saturated rings. The molecule has 84 valence electrons. The van der Waals surface area contributed by atoms with Crippen LogP contribution in [0.2, 0.25) is 0 Å². The highest BCUT2D eigenvalue weighted by atomic mass is 16.4. The second-order valence-electron chi connectivity index (χ2n) is 4.26. The van der Waals surface area contributed by atoms with Crippen LogP contribution in [0.15, 0.2) is 0 Å². The summed E-state index contributed by atoms with van der Waals surface area (Å²) in [5.74, 6) is -0.855. The predicted molar refractivity (Wildman–Crippen MR) is 55.2 cm³/mol. The van der Waals surface area contributed by atoms with E-state index in [1.807, 2.05) is 13.8 Å². The van der Waals surface area contributed by atoms with Crippen LogP contribution in [-0.4, -0.2) is 33.9 Å². The van der Waals surface area contributed by atoms with Crippen LogP contribution < -0.4 is 5.32 Å². The smallest absolute Gasteiger partial charge is 0.323 e. The maximum absolute atomic E-state index is 11.1. The van der Waals surface area contributed by atoms with Crippen LogP contribution >= 0.6 is 0 Å². The molecule has 0 unspecified atom stereocenters. The zero-order chi connectivity index (χ0) is 11.4. The maximum Gasteiger partial charge on any atom is 0.323 e.